The van der Waals surface area contributed by atoms with Crippen LogP contribution in [-0.4, -0.2) is 18.2 Å². The first-order valence-electron chi connectivity index (χ1n) is 7.89. The Morgan fingerprint density at radius 1 is 1.12 bits per heavy atom. The van der Waals surface area contributed by atoms with E-state index in [0.29, 0.717) is 11.1 Å². The third kappa shape index (κ3) is 2.79. The molecular formula is C19H17BrFNO3S. The van der Waals surface area contributed by atoms with Gasteiger partial charge in [-0.05, 0) is 60.8 Å². The van der Waals surface area contributed by atoms with Gasteiger partial charge in [0.25, 0.3) is 10.0 Å². The number of rotatable bonds is 3. The summed E-state index contributed by atoms with van der Waals surface area (Å²) < 4.78 is 42.6. The van der Waals surface area contributed by atoms with E-state index in [1.54, 1.807) is 32.0 Å². The summed E-state index contributed by atoms with van der Waals surface area (Å²) in [5, 5.41) is 0.268. The number of benzene rings is 2. The molecule has 7 heteroatoms. The number of carbonyl (C=O) groups is 1. The van der Waals surface area contributed by atoms with Crippen molar-refractivity contribution >= 4 is 42.6 Å². The monoisotopic (exact) mass is 437 g/mol. The maximum absolute atomic E-state index is 14.8. The largest absolute Gasteiger partial charge is 0.294 e. The molecule has 3 rings (SSSR count). The topological polar surface area (TPSA) is 56.1 Å². The van der Waals surface area contributed by atoms with E-state index >= 15 is 0 Å². The fourth-order valence-corrected chi connectivity index (χ4v) is 5.48. The van der Waals surface area contributed by atoms with Gasteiger partial charge in [-0.1, -0.05) is 23.8 Å². The van der Waals surface area contributed by atoms with Crippen molar-refractivity contribution in [1.82, 2.24) is 3.97 Å². The lowest BCUT2D eigenvalue weighted by molar-refractivity contribution is 0.101. The first-order valence-corrected chi connectivity index (χ1v) is 10.1. The zero-order valence-electron chi connectivity index (χ0n) is 14.7. The molecule has 1 heterocycles. The lowest BCUT2D eigenvalue weighted by Gasteiger charge is -2.14. The van der Waals surface area contributed by atoms with Crippen LogP contribution >= 0.6 is 15.9 Å². The van der Waals surface area contributed by atoms with Crippen LogP contribution < -0.4 is 0 Å². The molecule has 0 saturated carbocycles. The Bertz CT molecular complexity index is 1160. The molecule has 3 aromatic rings. The zero-order chi connectivity index (χ0) is 19.4. The Morgan fingerprint density at radius 2 is 1.69 bits per heavy atom. The van der Waals surface area contributed by atoms with Gasteiger partial charge in [-0.15, -0.1) is 0 Å². The van der Waals surface area contributed by atoms with Gasteiger partial charge in [0, 0.05) is 17.1 Å². The fourth-order valence-electron chi connectivity index (χ4n) is 3.37. The highest BCUT2D eigenvalue weighted by molar-refractivity contribution is 9.10. The summed E-state index contributed by atoms with van der Waals surface area (Å²) in [6.45, 7) is 6.62. The summed E-state index contributed by atoms with van der Waals surface area (Å²) in [5.74, 6) is -1.05. The Balaban J connectivity index is 2.46. The van der Waals surface area contributed by atoms with Crippen LogP contribution in [0.5, 0.6) is 0 Å². The van der Waals surface area contributed by atoms with Gasteiger partial charge in [0.1, 0.15) is 5.52 Å². The molecule has 0 spiro atoms. The van der Waals surface area contributed by atoms with Crippen molar-refractivity contribution in [2.24, 2.45) is 0 Å². The van der Waals surface area contributed by atoms with Crippen molar-refractivity contribution in [2.45, 2.75) is 32.6 Å². The molecule has 0 saturated heterocycles. The van der Waals surface area contributed by atoms with Crippen LogP contribution in [0, 0.1) is 26.6 Å². The molecule has 136 valence electrons. The van der Waals surface area contributed by atoms with Gasteiger partial charge >= 0.3 is 0 Å². The van der Waals surface area contributed by atoms with E-state index in [2.05, 4.69) is 15.9 Å². The van der Waals surface area contributed by atoms with Crippen molar-refractivity contribution in [3.05, 3.63) is 63.0 Å². The molecule has 0 N–H and O–H groups in total. The van der Waals surface area contributed by atoms with Gasteiger partial charge in [-0.2, -0.15) is 0 Å². The van der Waals surface area contributed by atoms with Crippen LogP contribution in [0.4, 0.5) is 4.39 Å². The molecule has 0 aliphatic carbocycles. The predicted molar refractivity (Wildman–Crippen MR) is 103 cm³/mol. The van der Waals surface area contributed by atoms with E-state index in [0.717, 1.165) is 9.54 Å². The van der Waals surface area contributed by atoms with Crippen molar-refractivity contribution in [1.29, 1.82) is 0 Å². The molecule has 0 bridgehead atoms. The number of Topliss-reactive ketones (excluding diaryl/α,β-unsaturated/α-hetero) is 1. The normalized spacial score (nSPS) is 11.9. The van der Waals surface area contributed by atoms with Crippen molar-refractivity contribution in [2.75, 3.05) is 0 Å². The second kappa shape index (κ2) is 6.32. The molecule has 1 aromatic heterocycles. The molecular weight excluding hydrogens is 421 g/mol. The van der Waals surface area contributed by atoms with Gasteiger partial charge < -0.3 is 0 Å². The van der Waals surface area contributed by atoms with Crippen LogP contribution in [0.3, 0.4) is 0 Å². The highest BCUT2D eigenvalue weighted by Crippen LogP contribution is 2.33. The number of carbonyl (C=O) groups excluding carboxylic acids is 1. The van der Waals surface area contributed by atoms with Gasteiger partial charge in [-0.25, -0.2) is 16.8 Å². The Labute approximate surface area is 159 Å². The lowest BCUT2D eigenvalue weighted by atomic mass is 10.1. The number of aromatic nitrogens is 1. The molecule has 0 unspecified atom stereocenters. The van der Waals surface area contributed by atoms with Crippen LogP contribution in [0.1, 0.15) is 34.0 Å². The maximum Gasteiger partial charge on any atom is 0.268 e. The summed E-state index contributed by atoms with van der Waals surface area (Å²) >= 11 is 3.09. The lowest BCUT2D eigenvalue weighted by Crippen LogP contribution is -2.15. The number of fused-ring (bicyclic) bond motifs is 1. The van der Waals surface area contributed by atoms with Crippen LogP contribution in [-0.2, 0) is 10.0 Å². The second-order valence-electron chi connectivity index (χ2n) is 6.39. The zero-order valence-corrected chi connectivity index (χ0v) is 17.1. The number of halogens is 2. The van der Waals surface area contributed by atoms with E-state index in [1.165, 1.54) is 19.2 Å². The van der Waals surface area contributed by atoms with E-state index in [9.17, 15) is 17.6 Å². The molecule has 0 fully saturated rings. The van der Waals surface area contributed by atoms with Gasteiger partial charge in [0.05, 0.1) is 9.37 Å². The minimum Gasteiger partial charge on any atom is -0.294 e. The second-order valence-corrected chi connectivity index (χ2v) is 8.99. The predicted octanol–water partition coefficient (Wildman–Crippen LogP) is 4.91. The molecule has 0 aliphatic rings. The van der Waals surface area contributed by atoms with Gasteiger partial charge in [0.2, 0.25) is 0 Å². The fraction of sp³-hybridized carbons (Fsp3) is 0.211. The van der Waals surface area contributed by atoms with E-state index in [-0.39, 0.29) is 31.6 Å². The summed E-state index contributed by atoms with van der Waals surface area (Å²) in [4.78, 5) is 12.1. The minimum atomic E-state index is -4.09. The third-order valence-electron chi connectivity index (χ3n) is 4.33. The molecule has 0 aliphatic heterocycles. The van der Waals surface area contributed by atoms with E-state index in [4.69, 9.17) is 0 Å². The smallest absolute Gasteiger partial charge is 0.268 e. The molecule has 0 amide bonds. The van der Waals surface area contributed by atoms with E-state index in [1.807, 2.05) is 6.92 Å². The van der Waals surface area contributed by atoms with Gasteiger partial charge in [-0.3, -0.25) is 4.79 Å². The van der Waals surface area contributed by atoms with Crippen LogP contribution in [0.15, 0.2) is 39.8 Å². The van der Waals surface area contributed by atoms with Crippen molar-refractivity contribution in [3.63, 3.8) is 0 Å². The van der Waals surface area contributed by atoms with Crippen molar-refractivity contribution < 1.29 is 17.6 Å². The number of ketones is 1. The molecule has 0 atom stereocenters. The number of aryl methyl sites for hydroxylation is 3. The first kappa shape index (κ1) is 18.8. The maximum atomic E-state index is 14.8. The third-order valence-corrected chi connectivity index (χ3v) is 6.90. The Morgan fingerprint density at radius 3 is 2.23 bits per heavy atom. The van der Waals surface area contributed by atoms with Crippen molar-refractivity contribution in [3.8, 4) is 0 Å². The SMILES string of the molecule is CC(=O)c1cn(S(=O)(=O)c2c(C)cc(C)cc2C)c2c(F)c(Br)ccc12. The first-order chi connectivity index (χ1) is 12.1. The molecule has 0 radical (unpaired) electrons. The highest BCUT2D eigenvalue weighted by Gasteiger charge is 2.28. The molecule has 2 aromatic carbocycles. The molecule has 26 heavy (non-hydrogen) atoms. The minimum absolute atomic E-state index is 0.120. The van der Waals surface area contributed by atoms with Crippen LogP contribution in [0.25, 0.3) is 10.9 Å². The summed E-state index contributed by atoms with van der Waals surface area (Å²) in [7, 11) is -4.09. The van der Waals surface area contributed by atoms with E-state index < -0.39 is 15.8 Å². The van der Waals surface area contributed by atoms with Gasteiger partial charge in [0.15, 0.2) is 11.6 Å². The average molecular weight is 438 g/mol. The summed E-state index contributed by atoms with van der Waals surface area (Å²) in [6, 6.07) is 6.54. The Hall–Kier alpha value is -1.99. The summed E-state index contributed by atoms with van der Waals surface area (Å²) in [6.07, 6.45) is 1.20. The standard InChI is InChI=1S/C19H17BrFNO3S/c1-10-7-11(2)19(12(3)8-10)26(24,25)22-9-15(13(4)23)14-5-6-16(20)17(21)18(14)22/h5-9H,1-4H3. The number of hydrogen-bond donors (Lipinski definition) is 0. The Kier molecular flexibility index (Phi) is 4.56. The summed E-state index contributed by atoms with van der Waals surface area (Å²) in [5.41, 5.74) is 2.12. The molecule has 4 nitrogen and oxygen atoms in total. The quantitative estimate of drug-likeness (QED) is 0.547. The number of hydrogen-bond acceptors (Lipinski definition) is 3. The average Bonchev–Trinajstić information content (AvgIpc) is 2.90. The number of nitrogens with zero attached hydrogens (tertiary/aromatic N) is 1. The highest BCUT2D eigenvalue weighted by atomic mass is 79.9. The van der Waals surface area contributed by atoms with Crippen LogP contribution in [0.2, 0.25) is 0 Å².